The second-order valence-corrected chi connectivity index (χ2v) is 4.61. The fraction of sp³-hybridized carbons (Fsp3) is 0.800. The van der Waals surface area contributed by atoms with E-state index < -0.39 is 12.0 Å². The van der Waals surface area contributed by atoms with E-state index in [-0.39, 0.29) is 17.9 Å². The first-order valence-corrected chi connectivity index (χ1v) is 4.77. The molecule has 0 aliphatic heterocycles. The summed E-state index contributed by atoms with van der Waals surface area (Å²) in [6.45, 7) is 5.56. The lowest BCUT2D eigenvalue weighted by Crippen LogP contribution is -2.50. The molecule has 1 unspecified atom stereocenters. The van der Waals surface area contributed by atoms with E-state index in [4.69, 9.17) is 5.73 Å². The van der Waals surface area contributed by atoms with Gasteiger partial charge in [0.1, 0.15) is 6.54 Å². The van der Waals surface area contributed by atoms with Gasteiger partial charge in [-0.1, -0.05) is 20.8 Å². The third kappa shape index (κ3) is 4.29. The molecule has 0 spiro atoms. The van der Waals surface area contributed by atoms with Crippen molar-refractivity contribution in [2.75, 3.05) is 20.7 Å². The molecule has 5 nitrogen and oxygen atoms in total. The SMILES string of the molecule is COC(=O)CN(C)C(=O)C(N)C(C)(C)C. The highest BCUT2D eigenvalue weighted by Crippen LogP contribution is 2.18. The predicted molar refractivity (Wildman–Crippen MR) is 57.1 cm³/mol. The Bertz CT molecular complexity index is 246. The Kier molecular flexibility index (Phi) is 4.74. The van der Waals surface area contributed by atoms with E-state index in [9.17, 15) is 9.59 Å². The maximum absolute atomic E-state index is 11.7. The lowest BCUT2D eigenvalue weighted by Gasteiger charge is -2.29. The average Bonchev–Trinajstić information content (AvgIpc) is 2.13. The van der Waals surface area contributed by atoms with E-state index in [1.807, 2.05) is 20.8 Å². The van der Waals surface area contributed by atoms with Gasteiger partial charge in [-0.25, -0.2) is 0 Å². The molecule has 1 atom stereocenters. The van der Waals surface area contributed by atoms with E-state index in [2.05, 4.69) is 4.74 Å². The number of carbonyl (C=O) groups is 2. The van der Waals surface area contributed by atoms with Crippen LogP contribution in [-0.4, -0.2) is 43.5 Å². The Morgan fingerprint density at radius 2 is 1.87 bits per heavy atom. The number of nitrogens with zero attached hydrogens (tertiary/aromatic N) is 1. The number of hydrogen-bond donors (Lipinski definition) is 1. The first kappa shape index (κ1) is 13.9. The van der Waals surface area contributed by atoms with Crippen molar-refractivity contribution in [1.29, 1.82) is 0 Å². The highest BCUT2D eigenvalue weighted by atomic mass is 16.5. The number of esters is 1. The first-order chi connectivity index (χ1) is 6.70. The van der Waals surface area contributed by atoms with Crippen LogP contribution >= 0.6 is 0 Å². The zero-order chi connectivity index (χ0) is 12.2. The molecule has 0 radical (unpaired) electrons. The van der Waals surface area contributed by atoms with Gasteiger partial charge in [0.05, 0.1) is 13.2 Å². The second kappa shape index (κ2) is 5.11. The van der Waals surface area contributed by atoms with Crippen molar-refractivity contribution < 1.29 is 14.3 Å². The second-order valence-electron chi connectivity index (χ2n) is 4.61. The molecule has 0 fully saturated rings. The van der Waals surface area contributed by atoms with Gasteiger partial charge in [-0.3, -0.25) is 9.59 Å². The summed E-state index contributed by atoms with van der Waals surface area (Å²) in [6, 6.07) is -0.618. The minimum atomic E-state index is -0.618. The molecule has 2 N–H and O–H groups in total. The first-order valence-electron chi connectivity index (χ1n) is 4.77. The fourth-order valence-corrected chi connectivity index (χ4v) is 0.944. The number of nitrogens with two attached hydrogens (primary N) is 1. The molecule has 0 saturated carbocycles. The van der Waals surface area contributed by atoms with Crippen LogP contribution in [0, 0.1) is 5.41 Å². The van der Waals surface area contributed by atoms with E-state index in [0.29, 0.717) is 0 Å². The number of amides is 1. The third-order valence-corrected chi connectivity index (χ3v) is 2.17. The summed E-state index contributed by atoms with van der Waals surface area (Å²) in [5.74, 6) is -0.708. The molecule has 0 saturated heterocycles. The van der Waals surface area contributed by atoms with Gasteiger partial charge in [0.25, 0.3) is 0 Å². The van der Waals surface area contributed by atoms with E-state index in [1.165, 1.54) is 19.1 Å². The highest BCUT2D eigenvalue weighted by molar-refractivity contribution is 5.85. The van der Waals surface area contributed by atoms with Crippen LogP contribution in [0.3, 0.4) is 0 Å². The maximum atomic E-state index is 11.7. The van der Waals surface area contributed by atoms with Crippen LogP contribution in [0.4, 0.5) is 0 Å². The Morgan fingerprint density at radius 3 is 2.20 bits per heavy atom. The van der Waals surface area contributed by atoms with Gasteiger partial charge in [0.2, 0.25) is 5.91 Å². The van der Waals surface area contributed by atoms with Gasteiger partial charge in [-0.15, -0.1) is 0 Å². The molecular weight excluding hydrogens is 196 g/mol. The maximum Gasteiger partial charge on any atom is 0.325 e. The van der Waals surface area contributed by atoms with Crippen LogP contribution in [0.2, 0.25) is 0 Å². The Morgan fingerprint density at radius 1 is 1.40 bits per heavy atom. The monoisotopic (exact) mass is 216 g/mol. The predicted octanol–water partition coefficient (Wildman–Crippen LogP) is -0.00880. The molecule has 0 aliphatic carbocycles. The van der Waals surface area contributed by atoms with E-state index >= 15 is 0 Å². The number of ether oxygens (including phenoxy) is 1. The van der Waals surface area contributed by atoms with Gasteiger partial charge < -0.3 is 15.4 Å². The summed E-state index contributed by atoms with van der Waals surface area (Å²) >= 11 is 0. The normalized spacial score (nSPS) is 13.2. The Hall–Kier alpha value is -1.10. The quantitative estimate of drug-likeness (QED) is 0.673. The molecule has 5 heteroatoms. The zero-order valence-corrected chi connectivity index (χ0v) is 10.0. The lowest BCUT2D eigenvalue weighted by molar-refractivity contribution is -0.147. The molecule has 0 heterocycles. The van der Waals surface area contributed by atoms with Crippen LogP contribution in [0.25, 0.3) is 0 Å². The number of methoxy groups -OCH3 is 1. The number of rotatable bonds is 3. The topological polar surface area (TPSA) is 72.6 Å². The Labute approximate surface area is 90.6 Å². The van der Waals surface area contributed by atoms with E-state index in [1.54, 1.807) is 0 Å². The van der Waals surface area contributed by atoms with Crippen LogP contribution in [-0.2, 0) is 14.3 Å². The van der Waals surface area contributed by atoms with Crippen molar-refractivity contribution in [3.05, 3.63) is 0 Å². The van der Waals surface area contributed by atoms with Crippen LogP contribution in [0.1, 0.15) is 20.8 Å². The van der Waals surface area contributed by atoms with Gasteiger partial charge in [-0.2, -0.15) is 0 Å². The Balaban J connectivity index is 4.39. The number of carbonyl (C=O) groups excluding carboxylic acids is 2. The summed E-state index contributed by atoms with van der Waals surface area (Å²) in [5.41, 5.74) is 5.45. The summed E-state index contributed by atoms with van der Waals surface area (Å²) in [6.07, 6.45) is 0. The largest absolute Gasteiger partial charge is 0.468 e. The van der Waals surface area contributed by atoms with Gasteiger partial charge in [-0.05, 0) is 5.41 Å². The molecule has 15 heavy (non-hydrogen) atoms. The van der Waals surface area contributed by atoms with Crippen molar-refractivity contribution in [2.24, 2.45) is 11.1 Å². The third-order valence-electron chi connectivity index (χ3n) is 2.17. The summed E-state index contributed by atoms with van der Waals surface area (Å²) in [7, 11) is 2.81. The van der Waals surface area contributed by atoms with Crippen LogP contribution in [0.15, 0.2) is 0 Å². The van der Waals surface area contributed by atoms with Gasteiger partial charge in [0, 0.05) is 7.05 Å². The number of likely N-dealkylation sites (N-methyl/N-ethyl adjacent to an activating group) is 1. The summed E-state index contributed by atoms with van der Waals surface area (Å²) < 4.78 is 4.46. The average molecular weight is 216 g/mol. The molecule has 0 bridgehead atoms. The van der Waals surface area contributed by atoms with Crippen molar-refractivity contribution in [1.82, 2.24) is 4.90 Å². The molecule has 88 valence electrons. The summed E-state index contributed by atoms with van der Waals surface area (Å²) in [4.78, 5) is 24.0. The molecule has 1 amide bonds. The van der Waals surface area contributed by atoms with Crippen molar-refractivity contribution in [2.45, 2.75) is 26.8 Å². The molecular formula is C10H20N2O3. The lowest BCUT2D eigenvalue weighted by atomic mass is 9.86. The molecule has 0 aliphatic rings. The smallest absolute Gasteiger partial charge is 0.325 e. The summed E-state index contributed by atoms with van der Waals surface area (Å²) in [5, 5.41) is 0. The van der Waals surface area contributed by atoms with Crippen molar-refractivity contribution in [3.8, 4) is 0 Å². The van der Waals surface area contributed by atoms with Gasteiger partial charge >= 0.3 is 5.97 Å². The zero-order valence-electron chi connectivity index (χ0n) is 10.0. The number of hydrogen-bond acceptors (Lipinski definition) is 4. The van der Waals surface area contributed by atoms with Crippen molar-refractivity contribution >= 4 is 11.9 Å². The highest BCUT2D eigenvalue weighted by Gasteiger charge is 2.30. The van der Waals surface area contributed by atoms with Crippen LogP contribution in [0.5, 0.6) is 0 Å². The molecule has 0 rings (SSSR count). The standard InChI is InChI=1S/C10H20N2O3/c1-10(2,3)8(11)9(14)12(4)6-7(13)15-5/h8H,6,11H2,1-5H3. The minimum absolute atomic E-state index is 0.0703. The molecule has 0 aromatic carbocycles. The van der Waals surface area contributed by atoms with Crippen molar-refractivity contribution in [3.63, 3.8) is 0 Å². The van der Waals surface area contributed by atoms with E-state index in [0.717, 1.165) is 0 Å². The van der Waals surface area contributed by atoms with Crippen LogP contribution < -0.4 is 5.73 Å². The van der Waals surface area contributed by atoms with Gasteiger partial charge in [0.15, 0.2) is 0 Å². The minimum Gasteiger partial charge on any atom is -0.468 e. The molecule has 0 aromatic heterocycles. The molecule has 0 aromatic rings. The fourth-order valence-electron chi connectivity index (χ4n) is 0.944.